The molecule has 2 nitrogen and oxygen atoms in total. The van der Waals surface area contributed by atoms with Gasteiger partial charge in [0.25, 0.3) is 0 Å². The smallest absolute Gasteiger partial charge is 0.123 e. The van der Waals surface area contributed by atoms with E-state index in [1.165, 1.54) is 29.0 Å². The fourth-order valence-electron chi connectivity index (χ4n) is 3.95. The molecule has 5 heteroatoms. The molecule has 2 heterocycles. The van der Waals surface area contributed by atoms with Crippen molar-refractivity contribution in [2.75, 3.05) is 6.54 Å². The molecular formula is C21H23ClF2N2. The van der Waals surface area contributed by atoms with Crippen molar-refractivity contribution in [2.24, 2.45) is 0 Å². The van der Waals surface area contributed by atoms with Crippen molar-refractivity contribution in [1.29, 1.82) is 0 Å². The van der Waals surface area contributed by atoms with Gasteiger partial charge in [0.15, 0.2) is 0 Å². The number of halogens is 3. The van der Waals surface area contributed by atoms with E-state index in [9.17, 15) is 8.78 Å². The van der Waals surface area contributed by atoms with Crippen LogP contribution in [0.3, 0.4) is 0 Å². The molecule has 0 saturated carbocycles. The van der Waals surface area contributed by atoms with E-state index >= 15 is 0 Å². The number of fused-ring (bicyclic) bond motifs is 3. The van der Waals surface area contributed by atoms with Crippen LogP contribution in [0, 0.1) is 11.6 Å². The van der Waals surface area contributed by atoms with Gasteiger partial charge in [0, 0.05) is 35.1 Å². The minimum absolute atomic E-state index is 0. The summed E-state index contributed by atoms with van der Waals surface area (Å²) in [4.78, 5) is 0. The number of rotatable bonds is 5. The van der Waals surface area contributed by atoms with E-state index in [-0.39, 0.29) is 24.0 Å². The molecule has 0 spiro atoms. The molecule has 0 unspecified atom stereocenters. The van der Waals surface area contributed by atoms with Gasteiger partial charge in [0.1, 0.15) is 18.2 Å². The molecule has 4 rings (SSSR count). The van der Waals surface area contributed by atoms with Gasteiger partial charge >= 0.3 is 0 Å². The van der Waals surface area contributed by atoms with Crippen LogP contribution in [-0.2, 0) is 25.9 Å². The van der Waals surface area contributed by atoms with Crippen LogP contribution in [0.15, 0.2) is 42.5 Å². The fourth-order valence-corrected chi connectivity index (χ4v) is 3.95. The molecule has 0 radical (unpaired) electrons. The topological polar surface area (TPSA) is 21.5 Å². The van der Waals surface area contributed by atoms with Crippen LogP contribution in [0.1, 0.15) is 29.7 Å². The van der Waals surface area contributed by atoms with Gasteiger partial charge in [-0.1, -0.05) is 12.1 Å². The van der Waals surface area contributed by atoms with Gasteiger partial charge < -0.3 is 22.3 Å². The first kappa shape index (κ1) is 18.9. The SMILES string of the molecule is Fc1ccc(CCCCn2c3c(c4cc(F)ccc42)C[NH2+]CC3)cc1.[Cl-]. The van der Waals surface area contributed by atoms with Crippen molar-refractivity contribution in [2.45, 2.75) is 38.8 Å². The number of hydrogen-bond donors (Lipinski definition) is 1. The van der Waals surface area contributed by atoms with Crippen molar-refractivity contribution in [3.63, 3.8) is 0 Å². The van der Waals surface area contributed by atoms with Crippen LogP contribution in [0.2, 0.25) is 0 Å². The van der Waals surface area contributed by atoms with E-state index in [1.807, 2.05) is 18.2 Å². The van der Waals surface area contributed by atoms with Crippen molar-refractivity contribution in [3.8, 4) is 0 Å². The van der Waals surface area contributed by atoms with Crippen molar-refractivity contribution in [3.05, 3.63) is 70.9 Å². The highest BCUT2D eigenvalue weighted by Crippen LogP contribution is 2.28. The molecule has 26 heavy (non-hydrogen) atoms. The van der Waals surface area contributed by atoms with Gasteiger partial charge in [0.2, 0.25) is 0 Å². The Hall–Kier alpha value is -1.91. The zero-order valence-corrected chi connectivity index (χ0v) is 15.4. The van der Waals surface area contributed by atoms with E-state index in [1.54, 1.807) is 12.1 Å². The molecule has 1 aromatic heterocycles. The van der Waals surface area contributed by atoms with Gasteiger partial charge in [-0.3, -0.25) is 0 Å². The van der Waals surface area contributed by atoms with Gasteiger partial charge in [0.05, 0.1) is 6.54 Å². The second-order valence-electron chi connectivity index (χ2n) is 6.85. The summed E-state index contributed by atoms with van der Waals surface area (Å²) in [6, 6.07) is 11.9. The Balaban J connectivity index is 0.00000196. The minimum atomic E-state index is -0.182. The number of nitrogens with two attached hydrogens (primary N) is 1. The molecule has 1 aliphatic heterocycles. The number of benzene rings is 2. The summed E-state index contributed by atoms with van der Waals surface area (Å²) in [5.74, 6) is -0.340. The second kappa shape index (κ2) is 8.19. The lowest BCUT2D eigenvalue weighted by Gasteiger charge is -2.15. The molecule has 0 saturated heterocycles. The lowest BCUT2D eigenvalue weighted by Crippen LogP contribution is -3.00. The Morgan fingerprint density at radius 2 is 1.73 bits per heavy atom. The van der Waals surface area contributed by atoms with E-state index in [2.05, 4.69) is 9.88 Å². The third-order valence-corrected chi connectivity index (χ3v) is 5.19. The van der Waals surface area contributed by atoms with E-state index in [4.69, 9.17) is 0 Å². The Kier molecular flexibility index (Phi) is 5.94. The average molecular weight is 377 g/mol. The van der Waals surface area contributed by atoms with Gasteiger partial charge in [-0.25, -0.2) is 8.78 Å². The Morgan fingerprint density at radius 3 is 2.54 bits per heavy atom. The highest BCUT2D eigenvalue weighted by Gasteiger charge is 2.21. The third kappa shape index (κ3) is 3.76. The summed E-state index contributed by atoms with van der Waals surface area (Å²) in [7, 11) is 0. The third-order valence-electron chi connectivity index (χ3n) is 5.19. The highest BCUT2D eigenvalue weighted by atomic mass is 35.5. The summed E-state index contributed by atoms with van der Waals surface area (Å²) >= 11 is 0. The molecule has 2 aromatic carbocycles. The number of hydrogen-bond acceptors (Lipinski definition) is 0. The molecular weight excluding hydrogens is 354 g/mol. The lowest BCUT2D eigenvalue weighted by molar-refractivity contribution is -0.673. The normalized spacial score (nSPS) is 13.5. The maximum atomic E-state index is 13.7. The van der Waals surface area contributed by atoms with Crippen LogP contribution in [0.4, 0.5) is 8.78 Å². The van der Waals surface area contributed by atoms with Gasteiger partial charge in [-0.2, -0.15) is 0 Å². The predicted octanol–water partition coefficient (Wildman–Crippen LogP) is 0.566. The van der Waals surface area contributed by atoms with Gasteiger partial charge in [-0.05, 0) is 55.2 Å². The Morgan fingerprint density at radius 1 is 0.962 bits per heavy atom. The fraction of sp³-hybridized carbons (Fsp3) is 0.333. The summed E-state index contributed by atoms with van der Waals surface area (Å²) in [5.41, 5.74) is 5.02. The maximum Gasteiger partial charge on any atom is 0.123 e. The first-order chi connectivity index (χ1) is 12.2. The number of aromatic nitrogens is 1. The van der Waals surface area contributed by atoms with Gasteiger partial charge in [-0.15, -0.1) is 0 Å². The highest BCUT2D eigenvalue weighted by molar-refractivity contribution is 5.85. The van der Waals surface area contributed by atoms with E-state index in [0.717, 1.165) is 56.2 Å². The molecule has 138 valence electrons. The van der Waals surface area contributed by atoms with Crippen molar-refractivity contribution < 1.29 is 26.5 Å². The maximum absolute atomic E-state index is 13.7. The number of quaternary nitrogens is 1. The molecule has 0 fully saturated rings. The number of aryl methyl sites for hydroxylation is 2. The van der Waals surface area contributed by atoms with E-state index in [0.29, 0.717) is 0 Å². The molecule has 2 N–H and O–H groups in total. The largest absolute Gasteiger partial charge is 1.00 e. The van der Waals surface area contributed by atoms with Crippen LogP contribution in [0.5, 0.6) is 0 Å². The molecule has 1 aliphatic rings. The van der Waals surface area contributed by atoms with Crippen LogP contribution >= 0.6 is 0 Å². The standard InChI is InChI=1S/C21H22F2N2.ClH/c22-16-6-4-15(5-7-16)3-1-2-12-25-20-9-8-17(23)13-18(20)19-14-24-11-10-21(19)25;/h4-9,13,24H,1-3,10-12,14H2;1H. The number of nitrogens with zero attached hydrogens (tertiary/aromatic N) is 1. The number of unbranched alkanes of at least 4 members (excludes halogenated alkanes) is 1. The second-order valence-corrected chi connectivity index (χ2v) is 6.85. The first-order valence-corrected chi connectivity index (χ1v) is 9.08. The van der Waals surface area contributed by atoms with Crippen LogP contribution in [0.25, 0.3) is 10.9 Å². The summed E-state index contributed by atoms with van der Waals surface area (Å²) in [6.07, 6.45) is 4.13. The first-order valence-electron chi connectivity index (χ1n) is 9.08. The Bertz CT molecular complexity index is 887. The average Bonchev–Trinajstić information content (AvgIpc) is 2.94. The Labute approximate surface area is 158 Å². The molecule has 0 aliphatic carbocycles. The summed E-state index contributed by atoms with van der Waals surface area (Å²) in [6.45, 7) is 3.00. The summed E-state index contributed by atoms with van der Waals surface area (Å²) < 4.78 is 29.0. The van der Waals surface area contributed by atoms with Crippen LogP contribution < -0.4 is 17.7 Å². The molecule has 0 atom stereocenters. The summed E-state index contributed by atoms with van der Waals surface area (Å²) in [5, 5.41) is 3.37. The van der Waals surface area contributed by atoms with E-state index < -0.39 is 0 Å². The minimum Gasteiger partial charge on any atom is -1.00 e. The lowest BCUT2D eigenvalue weighted by atomic mass is 10.1. The predicted molar refractivity (Wildman–Crippen MR) is 95.4 cm³/mol. The zero-order chi connectivity index (χ0) is 17.2. The van der Waals surface area contributed by atoms with Crippen LogP contribution in [-0.4, -0.2) is 11.1 Å². The molecule has 0 bridgehead atoms. The molecule has 0 amide bonds. The monoisotopic (exact) mass is 376 g/mol. The molecule has 3 aromatic rings. The van der Waals surface area contributed by atoms with Crippen molar-refractivity contribution >= 4 is 10.9 Å². The quantitative estimate of drug-likeness (QED) is 0.629. The van der Waals surface area contributed by atoms with Crippen molar-refractivity contribution in [1.82, 2.24) is 4.57 Å². The zero-order valence-electron chi connectivity index (χ0n) is 14.6.